The minimum Gasteiger partial charge on any atom is -0.481 e. The highest BCUT2D eigenvalue weighted by Crippen LogP contribution is 2.28. The number of carbonyl (C=O) groups is 2. The van der Waals surface area contributed by atoms with Crippen LogP contribution in [0.15, 0.2) is 0 Å². The molecule has 5 nitrogen and oxygen atoms in total. The van der Waals surface area contributed by atoms with Gasteiger partial charge in [-0.15, -0.1) is 0 Å². The fourth-order valence-electron chi connectivity index (χ4n) is 2.00. The molecule has 0 atom stereocenters. The molecule has 0 aromatic rings. The highest BCUT2D eigenvalue weighted by molar-refractivity contribution is 5.82. The lowest BCUT2D eigenvalue weighted by molar-refractivity contribution is -0.194. The van der Waals surface area contributed by atoms with Crippen LogP contribution in [-0.2, 0) is 9.59 Å². The molecule has 2 fully saturated rings. The first kappa shape index (κ1) is 12.2. The van der Waals surface area contributed by atoms with Crippen molar-refractivity contribution in [1.29, 1.82) is 0 Å². The zero-order valence-electron chi connectivity index (χ0n) is 8.78. The van der Waals surface area contributed by atoms with Gasteiger partial charge in [-0.1, -0.05) is 0 Å². The quantitative estimate of drug-likeness (QED) is 0.738. The summed E-state index contributed by atoms with van der Waals surface area (Å²) in [6.07, 6.45) is -4.82. The van der Waals surface area contributed by atoms with Crippen molar-refractivity contribution in [3.8, 4) is 0 Å². The average Bonchev–Trinajstić information content (AvgIpc) is 2.02. The third-order valence-electron chi connectivity index (χ3n) is 3.17. The van der Waals surface area contributed by atoms with Crippen molar-refractivity contribution in [2.45, 2.75) is 12.2 Å². The minimum absolute atomic E-state index is 0.0324. The number of hydrogen-bond acceptors (Lipinski definition) is 3. The first-order chi connectivity index (χ1) is 7.79. The first-order valence-electron chi connectivity index (χ1n) is 5.12. The van der Waals surface area contributed by atoms with E-state index in [0.717, 1.165) is 4.90 Å². The summed E-state index contributed by atoms with van der Waals surface area (Å²) >= 11 is 0. The molecule has 0 unspecified atom stereocenters. The van der Waals surface area contributed by atoms with Crippen molar-refractivity contribution < 1.29 is 27.9 Å². The van der Waals surface area contributed by atoms with Crippen LogP contribution in [0.5, 0.6) is 0 Å². The van der Waals surface area contributed by atoms with Crippen LogP contribution in [0.3, 0.4) is 0 Å². The number of aliphatic carboxylic acids is 1. The summed E-state index contributed by atoms with van der Waals surface area (Å²) in [6.45, 7) is 0.775. The van der Waals surface area contributed by atoms with E-state index in [1.165, 1.54) is 0 Å². The summed E-state index contributed by atoms with van der Waals surface area (Å²) in [5.74, 6) is -3.13. The van der Waals surface area contributed by atoms with Gasteiger partial charge >= 0.3 is 18.1 Å². The number of alkyl halides is 3. The van der Waals surface area contributed by atoms with E-state index in [4.69, 9.17) is 5.11 Å². The Balaban J connectivity index is 1.74. The minimum atomic E-state index is -4.82. The molecule has 0 aromatic carbocycles. The van der Waals surface area contributed by atoms with E-state index in [-0.39, 0.29) is 19.1 Å². The summed E-state index contributed by atoms with van der Waals surface area (Å²) in [5.41, 5.74) is 0. The second-order valence-corrected chi connectivity index (χ2v) is 4.35. The molecule has 2 saturated heterocycles. The van der Waals surface area contributed by atoms with E-state index in [1.54, 1.807) is 4.90 Å². The Morgan fingerprint density at radius 2 is 1.65 bits per heavy atom. The van der Waals surface area contributed by atoms with Crippen LogP contribution in [0, 0.1) is 5.92 Å². The van der Waals surface area contributed by atoms with Crippen molar-refractivity contribution in [1.82, 2.24) is 9.80 Å². The van der Waals surface area contributed by atoms with Gasteiger partial charge in [-0.25, -0.2) is 0 Å². The number of carbonyl (C=O) groups excluding carboxylic acids is 1. The van der Waals surface area contributed by atoms with Crippen molar-refractivity contribution >= 4 is 11.9 Å². The van der Waals surface area contributed by atoms with Gasteiger partial charge in [0.15, 0.2) is 0 Å². The SMILES string of the molecule is O=C(O)C1CN(C2CN(C(=O)C(F)(F)F)C2)C1. The average molecular weight is 252 g/mol. The third kappa shape index (κ3) is 2.21. The molecule has 0 spiro atoms. The molecule has 0 saturated carbocycles. The lowest BCUT2D eigenvalue weighted by atomic mass is 9.94. The smallest absolute Gasteiger partial charge is 0.471 e. The molecular weight excluding hydrogens is 241 g/mol. The molecule has 0 bridgehead atoms. The maximum absolute atomic E-state index is 12.0. The zero-order valence-corrected chi connectivity index (χ0v) is 8.78. The number of nitrogens with zero attached hydrogens (tertiary/aromatic N) is 2. The number of carboxylic acid groups (broad SMARTS) is 1. The van der Waals surface area contributed by atoms with E-state index in [9.17, 15) is 22.8 Å². The molecular formula is C9H11F3N2O3. The van der Waals surface area contributed by atoms with E-state index in [2.05, 4.69) is 0 Å². The largest absolute Gasteiger partial charge is 0.481 e. The van der Waals surface area contributed by atoms with Gasteiger partial charge in [0, 0.05) is 32.2 Å². The summed E-state index contributed by atoms with van der Waals surface area (Å²) in [7, 11) is 0. The Bertz CT molecular complexity index is 346. The van der Waals surface area contributed by atoms with Gasteiger partial charge in [-0.05, 0) is 0 Å². The van der Waals surface area contributed by atoms with Crippen LogP contribution in [-0.4, -0.2) is 65.2 Å². The lowest BCUT2D eigenvalue weighted by Gasteiger charge is -2.50. The molecule has 2 aliphatic rings. The van der Waals surface area contributed by atoms with Gasteiger partial charge in [0.05, 0.1) is 5.92 Å². The number of amides is 1. The van der Waals surface area contributed by atoms with Gasteiger partial charge in [-0.3, -0.25) is 14.5 Å². The molecule has 0 aliphatic carbocycles. The van der Waals surface area contributed by atoms with Crippen molar-refractivity contribution in [3.63, 3.8) is 0 Å². The summed E-state index contributed by atoms with van der Waals surface area (Å²) in [4.78, 5) is 23.8. The number of halogens is 3. The molecule has 0 radical (unpaired) electrons. The van der Waals surface area contributed by atoms with Gasteiger partial charge < -0.3 is 10.0 Å². The van der Waals surface area contributed by atoms with E-state index >= 15 is 0 Å². The number of hydrogen-bond donors (Lipinski definition) is 1. The van der Waals surface area contributed by atoms with Crippen LogP contribution in [0.4, 0.5) is 13.2 Å². The first-order valence-corrected chi connectivity index (χ1v) is 5.12. The fourth-order valence-corrected chi connectivity index (χ4v) is 2.00. The Morgan fingerprint density at radius 1 is 1.12 bits per heavy atom. The van der Waals surface area contributed by atoms with Gasteiger partial charge in [0.2, 0.25) is 0 Å². The summed E-state index contributed by atoms with van der Waals surface area (Å²) in [6, 6.07) is -0.128. The topological polar surface area (TPSA) is 60.9 Å². The van der Waals surface area contributed by atoms with Crippen molar-refractivity contribution in [2.24, 2.45) is 5.92 Å². The van der Waals surface area contributed by atoms with Gasteiger partial charge in [-0.2, -0.15) is 13.2 Å². The Hall–Kier alpha value is -1.31. The third-order valence-corrected chi connectivity index (χ3v) is 3.17. The molecule has 2 aliphatic heterocycles. The van der Waals surface area contributed by atoms with E-state index < -0.39 is 24.0 Å². The van der Waals surface area contributed by atoms with E-state index in [1.807, 2.05) is 0 Å². The lowest BCUT2D eigenvalue weighted by Crippen LogP contribution is -2.68. The number of rotatable bonds is 2. The van der Waals surface area contributed by atoms with Crippen molar-refractivity contribution in [2.75, 3.05) is 26.2 Å². The molecule has 2 heterocycles. The molecule has 8 heteroatoms. The second kappa shape index (κ2) is 3.86. The Labute approximate surface area is 94.8 Å². The maximum Gasteiger partial charge on any atom is 0.471 e. The highest BCUT2D eigenvalue weighted by atomic mass is 19.4. The molecule has 0 aromatic heterocycles. The summed E-state index contributed by atoms with van der Waals surface area (Å²) in [5, 5.41) is 8.63. The Kier molecular flexibility index (Phi) is 2.76. The standard InChI is InChI=1S/C9H11F3N2O3/c10-9(11,12)8(17)14-3-6(4-14)13-1-5(2-13)7(15)16/h5-6H,1-4H2,(H,15,16). The van der Waals surface area contributed by atoms with Crippen LogP contribution in [0.25, 0.3) is 0 Å². The predicted octanol–water partition coefficient (Wildman–Crippen LogP) is -0.224. The van der Waals surface area contributed by atoms with Crippen molar-refractivity contribution in [3.05, 3.63) is 0 Å². The highest BCUT2D eigenvalue weighted by Gasteiger charge is 2.49. The molecule has 1 N–H and O–H groups in total. The maximum atomic E-state index is 12.0. The molecule has 17 heavy (non-hydrogen) atoms. The normalized spacial score (nSPS) is 23.1. The van der Waals surface area contributed by atoms with Crippen LogP contribution < -0.4 is 0 Å². The van der Waals surface area contributed by atoms with Crippen LogP contribution in [0.2, 0.25) is 0 Å². The second-order valence-electron chi connectivity index (χ2n) is 4.35. The predicted molar refractivity (Wildman–Crippen MR) is 49.1 cm³/mol. The fraction of sp³-hybridized carbons (Fsp3) is 0.778. The number of likely N-dealkylation sites (tertiary alicyclic amines) is 2. The molecule has 96 valence electrons. The molecule has 1 amide bonds. The zero-order chi connectivity index (χ0) is 12.8. The molecule has 2 rings (SSSR count). The monoisotopic (exact) mass is 252 g/mol. The van der Waals surface area contributed by atoms with Crippen LogP contribution >= 0.6 is 0 Å². The van der Waals surface area contributed by atoms with Crippen LogP contribution in [0.1, 0.15) is 0 Å². The number of carboxylic acids is 1. The van der Waals surface area contributed by atoms with Gasteiger partial charge in [0.25, 0.3) is 0 Å². The van der Waals surface area contributed by atoms with Gasteiger partial charge in [0.1, 0.15) is 0 Å². The Morgan fingerprint density at radius 3 is 2.06 bits per heavy atom. The van der Waals surface area contributed by atoms with E-state index in [0.29, 0.717) is 13.1 Å². The summed E-state index contributed by atoms with van der Waals surface area (Å²) < 4.78 is 36.1.